The van der Waals surface area contributed by atoms with Gasteiger partial charge in [0.2, 0.25) is 0 Å². The van der Waals surface area contributed by atoms with Crippen molar-refractivity contribution >= 4 is 40.7 Å². The average Bonchev–Trinajstić information content (AvgIpc) is 2.74. The molecule has 30 heavy (non-hydrogen) atoms. The van der Waals surface area contributed by atoms with Gasteiger partial charge in [-0.3, -0.25) is 9.59 Å². The fourth-order valence-electron chi connectivity index (χ4n) is 3.85. The molecule has 0 aliphatic carbocycles. The van der Waals surface area contributed by atoms with Gasteiger partial charge >= 0.3 is 0 Å². The number of rotatable bonds is 3. The maximum atomic E-state index is 13.1. The molecule has 1 N–H and O–H groups in total. The fraction of sp³-hybridized carbons (Fsp3) is 0.167. The molecule has 0 spiro atoms. The Morgan fingerprint density at radius 1 is 0.900 bits per heavy atom. The average molecular weight is 439 g/mol. The summed E-state index contributed by atoms with van der Waals surface area (Å²) in [7, 11) is 0. The van der Waals surface area contributed by atoms with Crippen LogP contribution in [0.1, 0.15) is 39.6 Å². The molecular weight excluding hydrogens is 419 g/mol. The zero-order valence-corrected chi connectivity index (χ0v) is 17.9. The molecule has 4 rings (SSSR count). The highest BCUT2D eigenvalue weighted by molar-refractivity contribution is 6.35. The highest BCUT2D eigenvalue weighted by Gasteiger charge is 2.38. The lowest BCUT2D eigenvalue weighted by Gasteiger charge is -2.41. The van der Waals surface area contributed by atoms with Crippen LogP contribution in [0.5, 0.6) is 0 Å². The van der Waals surface area contributed by atoms with Crippen LogP contribution in [0.3, 0.4) is 0 Å². The Labute approximate surface area is 185 Å². The van der Waals surface area contributed by atoms with Gasteiger partial charge in [0.25, 0.3) is 11.8 Å². The Bertz CT molecular complexity index is 1100. The molecule has 0 fully saturated rings. The third-order valence-electron chi connectivity index (χ3n) is 5.40. The van der Waals surface area contributed by atoms with Crippen molar-refractivity contribution in [3.05, 3.63) is 99.5 Å². The summed E-state index contributed by atoms with van der Waals surface area (Å²) >= 11 is 12.1. The number of para-hydroxylation sites is 1. The highest BCUT2D eigenvalue weighted by Crippen LogP contribution is 2.39. The first-order valence-electron chi connectivity index (χ1n) is 9.62. The van der Waals surface area contributed by atoms with Crippen LogP contribution in [0, 0.1) is 0 Å². The van der Waals surface area contributed by atoms with Crippen molar-refractivity contribution in [2.24, 2.45) is 0 Å². The van der Waals surface area contributed by atoms with Gasteiger partial charge in [0.05, 0.1) is 5.54 Å². The van der Waals surface area contributed by atoms with Gasteiger partial charge in [-0.2, -0.15) is 0 Å². The number of carbonyl (C=O) groups excluding carboxylic acids is 2. The number of carbonyl (C=O) groups is 2. The van der Waals surface area contributed by atoms with E-state index in [-0.39, 0.29) is 11.8 Å². The zero-order chi connectivity index (χ0) is 21.3. The molecule has 0 radical (unpaired) electrons. The van der Waals surface area contributed by atoms with Crippen LogP contribution in [0.4, 0.5) is 5.69 Å². The number of fused-ring (bicyclic) bond motifs is 1. The quantitative estimate of drug-likeness (QED) is 0.570. The summed E-state index contributed by atoms with van der Waals surface area (Å²) in [6.45, 7) is 2.46. The predicted molar refractivity (Wildman–Crippen MR) is 120 cm³/mol. The molecule has 1 aliphatic heterocycles. The van der Waals surface area contributed by atoms with Gasteiger partial charge in [-0.05, 0) is 49.7 Å². The fourth-order valence-corrected chi connectivity index (χ4v) is 4.38. The van der Waals surface area contributed by atoms with Crippen LogP contribution in [-0.4, -0.2) is 18.4 Å². The number of hydrogen-bond acceptors (Lipinski definition) is 2. The second-order valence-electron chi connectivity index (χ2n) is 7.53. The normalized spacial score (nSPS) is 17.9. The minimum absolute atomic E-state index is 0.0574. The minimum Gasteiger partial charge on any atom is -0.343 e. The number of hydrogen-bond donors (Lipinski definition) is 1. The molecule has 1 unspecified atom stereocenters. The molecule has 0 saturated carbocycles. The first-order chi connectivity index (χ1) is 14.4. The van der Waals surface area contributed by atoms with Crippen LogP contribution < -0.4 is 10.2 Å². The molecule has 2 amide bonds. The van der Waals surface area contributed by atoms with Crippen LogP contribution in [0.25, 0.3) is 0 Å². The molecule has 0 saturated heterocycles. The first-order valence-corrected chi connectivity index (χ1v) is 10.4. The SMILES string of the molecule is CC1(NC(=O)c2cc(Cl)cc(Cl)c2)CCN(C(=O)c2ccccc2)c2ccccc21. The van der Waals surface area contributed by atoms with E-state index in [1.54, 1.807) is 23.1 Å². The Balaban J connectivity index is 1.66. The number of halogens is 2. The third-order valence-corrected chi connectivity index (χ3v) is 5.84. The number of nitrogens with zero attached hydrogens (tertiary/aromatic N) is 1. The van der Waals surface area contributed by atoms with Crippen LogP contribution in [-0.2, 0) is 5.54 Å². The van der Waals surface area contributed by atoms with E-state index in [4.69, 9.17) is 23.2 Å². The van der Waals surface area contributed by atoms with Gasteiger partial charge in [0.15, 0.2) is 0 Å². The summed E-state index contributed by atoms with van der Waals surface area (Å²) in [6.07, 6.45) is 0.572. The van der Waals surface area contributed by atoms with E-state index in [1.807, 2.05) is 61.5 Å². The minimum atomic E-state index is -0.643. The first kappa shape index (κ1) is 20.5. The Morgan fingerprint density at radius 2 is 1.53 bits per heavy atom. The maximum Gasteiger partial charge on any atom is 0.258 e. The standard InChI is InChI=1S/C24H20Cl2N2O2/c1-24(27-22(29)17-13-18(25)15-19(26)14-17)11-12-28(21-10-6-5-9-20(21)24)23(30)16-7-3-2-4-8-16/h2-10,13-15H,11-12H2,1H3,(H,27,29). The van der Waals surface area contributed by atoms with Gasteiger partial charge in [0.1, 0.15) is 0 Å². The maximum absolute atomic E-state index is 13.1. The Kier molecular flexibility index (Phi) is 5.54. The molecule has 3 aromatic rings. The van der Waals surface area contributed by atoms with Crippen LogP contribution >= 0.6 is 23.2 Å². The Hall–Kier alpha value is -2.82. The topological polar surface area (TPSA) is 49.4 Å². The van der Waals surface area contributed by atoms with Crippen molar-refractivity contribution in [1.82, 2.24) is 5.32 Å². The molecular formula is C24H20Cl2N2O2. The second-order valence-corrected chi connectivity index (χ2v) is 8.41. The van der Waals surface area contributed by atoms with E-state index < -0.39 is 5.54 Å². The summed E-state index contributed by atoms with van der Waals surface area (Å²) < 4.78 is 0. The van der Waals surface area contributed by atoms with E-state index in [9.17, 15) is 9.59 Å². The molecule has 3 aromatic carbocycles. The van der Waals surface area contributed by atoms with E-state index in [1.165, 1.54) is 0 Å². The summed E-state index contributed by atoms with van der Waals surface area (Å²) in [4.78, 5) is 27.8. The van der Waals surface area contributed by atoms with E-state index in [2.05, 4.69) is 5.32 Å². The number of amides is 2. The van der Waals surface area contributed by atoms with Crippen molar-refractivity contribution in [1.29, 1.82) is 0 Å². The van der Waals surface area contributed by atoms with Gasteiger partial charge in [-0.1, -0.05) is 59.6 Å². The van der Waals surface area contributed by atoms with Crippen molar-refractivity contribution < 1.29 is 9.59 Å². The molecule has 6 heteroatoms. The largest absolute Gasteiger partial charge is 0.343 e. The van der Waals surface area contributed by atoms with E-state index in [0.29, 0.717) is 34.1 Å². The van der Waals surface area contributed by atoms with Crippen LogP contribution in [0.15, 0.2) is 72.8 Å². The Morgan fingerprint density at radius 3 is 2.23 bits per heavy atom. The molecule has 1 atom stereocenters. The molecule has 4 nitrogen and oxygen atoms in total. The van der Waals surface area contributed by atoms with E-state index in [0.717, 1.165) is 11.3 Å². The van der Waals surface area contributed by atoms with Crippen molar-refractivity contribution in [2.45, 2.75) is 18.9 Å². The molecule has 0 aromatic heterocycles. The van der Waals surface area contributed by atoms with Crippen molar-refractivity contribution in [3.63, 3.8) is 0 Å². The van der Waals surface area contributed by atoms with Crippen LogP contribution in [0.2, 0.25) is 10.0 Å². The van der Waals surface area contributed by atoms with Gasteiger partial charge < -0.3 is 10.2 Å². The van der Waals surface area contributed by atoms with Gasteiger partial charge in [-0.25, -0.2) is 0 Å². The van der Waals surface area contributed by atoms with Crippen molar-refractivity contribution in [3.8, 4) is 0 Å². The lowest BCUT2D eigenvalue weighted by atomic mass is 9.83. The molecule has 0 bridgehead atoms. The van der Waals surface area contributed by atoms with Gasteiger partial charge in [0, 0.05) is 39.0 Å². The number of anilines is 1. The monoisotopic (exact) mass is 438 g/mol. The number of nitrogens with one attached hydrogen (secondary N) is 1. The number of benzene rings is 3. The third kappa shape index (κ3) is 3.93. The zero-order valence-electron chi connectivity index (χ0n) is 16.4. The highest BCUT2D eigenvalue weighted by atomic mass is 35.5. The smallest absolute Gasteiger partial charge is 0.258 e. The molecule has 1 aliphatic rings. The summed E-state index contributed by atoms with van der Waals surface area (Å²) in [6, 6.07) is 21.6. The molecule has 152 valence electrons. The van der Waals surface area contributed by atoms with E-state index >= 15 is 0 Å². The summed E-state index contributed by atoms with van der Waals surface area (Å²) in [5, 5.41) is 3.94. The lowest BCUT2D eigenvalue weighted by Crippen LogP contribution is -2.51. The van der Waals surface area contributed by atoms with Gasteiger partial charge in [-0.15, -0.1) is 0 Å². The lowest BCUT2D eigenvalue weighted by molar-refractivity contribution is 0.0896. The summed E-state index contributed by atoms with van der Waals surface area (Å²) in [5.41, 5.74) is 2.07. The molecule has 1 heterocycles. The van der Waals surface area contributed by atoms with Crippen molar-refractivity contribution in [2.75, 3.05) is 11.4 Å². The summed E-state index contributed by atoms with van der Waals surface area (Å²) in [5.74, 6) is -0.322. The predicted octanol–water partition coefficient (Wildman–Crippen LogP) is 5.69. The second kappa shape index (κ2) is 8.13.